The predicted octanol–water partition coefficient (Wildman–Crippen LogP) is 2.59. The molecule has 0 spiro atoms. The Morgan fingerprint density at radius 2 is 2.21 bits per heavy atom. The molecule has 2 rings (SSSR count). The van der Waals surface area contributed by atoms with Crippen LogP contribution in [0.15, 0.2) is 36.5 Å². The van der Waals surface area contributed by atoms with Crippen LogP contribution >= 0.6 is 11.6 Å². The molecule has 5 nitrogen and oxygen atoms in total. The summed E-state index contributed by atoms with van der Waals surface area (Å²) in [5, 5.41) is 3.53. The third kappa shape index (κ3) is 2.95. The Morgan fingerprint density at radius 3 is 2.89 bits per heavy atom. The fourth-order valence-electron chi connectivity index (χ4n) is 1.61. The Hall–Kier alpha value is -2.27. The number of anilines is 2. The maximum absolute atomic E-state index is 11.3. The summed E-state index contributed by atoms with van der Waals surface area (Å²) in [4.78, 5) is 15.4. The summed E-state index contributed by atoms with van der Waals surface area (Å²) >= 11 is 5.93. The van der Waals surface area contributed by atoms with Crippen LogP contribution in [0.1, 0.15) is 10.4 Å². The van der Waals surface area contributed by atoms with Gasteiger partial charge in [-0.25, -0.2) is 4.98 Å². The normalized spacial score (nSPS) is 10.0. The van der Waals surface area contributed by atoms with Gasteiger partial charge in [0.05, 0.1) is 18.4 Å². The molecule has 0 atom stereocenters. The molecule has 0 aliphatic heterocycles. The Kier molecular flexibility index (Phi) is 3.87. The maximum atomic E-state index is 11.3. The number of nitrogens with zero attached hydrogens (tertiary/aromatic N) is 1. The van der Waals surface area contributed by atoms with Gasteiger partial charge in [0.25, 0.3) is 5.91 Å². The average Bonchev–Trinajstić information content (AvgIpc) is 2.39. The number of aromatic nitrogens is 1. The van der Waals surface area contributed by atoms with E-state index in [2.05, 4.69) is 10.3 Å². The van der Waals surface area contributed by atoms with Crippen molar-refractivity contribution >= 4 is 29.0 Å². The monoisotopic (exact) mass is 277 g/mol. The highest BCUT2D eigenvalue weighted by atomic mass is 35.5. The van der Waals surface area contributed by atoms with Crippen LogP contribution in [0.2, 0.25) is 5.02 Å². The van der Waals surface area contributed by atoms with E-state index in [-0.39, 0.29) is 0 Å². The van der Waals surface area contributed by atoms with E-state index in [0.29, 0.717) is 27.8 Å². The van der Waals surface area contributed by atoms with E-state index in [1.54, 1.807) is 43.6 Å². The number of primary amides is 1. The summed E-state index contributed by atoms with van der Waals surface area (Å²) in [6, 6.07) is 8.34. The summed E-state index contributed by atoms with van der Waals surface area (Å²) in [6.45, 7) is 0. The number of hydrogen-bond acceptors (Lipinski definition) is 4. The van der Waals surface area contributed by atoms with Crippen molar-refractivity contribution in [2.24, 2.45) is 5.73 Å². The van der Waals surface area contributed by atoms with Crippen molar-refractivity contribution in [3.05, 3.63) is 47.1 Å². The first kappa shape index (κ1) is 13.2. The standard InChI is InChI=1S/C13H12ClN3O2/c1-19-11-5-4-8(14)7-10(11)17-13-9(12(15)18)3-2-6-16-13/h2-7H,1H3,(H2,15,18)(H,16,17). The van der Waals surface area contributed by atoms with Gasteiger partial charge in [-0.2, -0.15) is 0 Å². The summed E-state index contributed by atoms with van der Waals surface area (Å²) in [6.07, 6.45) is 1.56. The number of carbonyl (C=O) groups is 1. The Morgan fingerprint density at radius 1 is 1.42 bits per heavy atom. The number of amides is 1. The topological polar surface area (TPSA) is 77.2 Å². The second kappa shape index (κ2) is 5.58. The Balaban J connectivity index is 2.41. The van der Waals surface area contributed by atoms with E-state index in [0.717, 1.165) is 0 Å². The van der Waals surface area contributed by atoms with Gasteiger partial charge in [-0.15, -0.1) is 0 Å². The molecule has 1 aromatic heterocycles. The lowest BCUT2D eigenvalue weighted by Crippen LogP contribution is -2.14. The molecule has 3 N–H and O–H groups in total. The number of nitrogens with two attached hydrogens (primary N) is 1. The van der Waals surface area contributed by atoms with Crippen molar-refractivity contribution in [3.63, 3.8) is 0 Å². The van der Waals surface area contributed by atoms with Gasteiger partial charge < -0.3 is 15.8 Å². The molecule has 19 heavy (non-hydrogen) atoms. The Bertz CT molecular complexity index is 617. The average molecular weight is 278 g/mol. The van der Waals surface area contributed by atoms with Crippen LogP contribution in [0.3, 0.4) is 0 Å². The Labute approximate surface area is 115 Å². The minimum atomic E-state index is -0.559. The molecule has 0 unspecified atom stereocenters. The SMILES string of the molecule is COc1ccc(Cl)cc1Nc1ncccc1C(N)=O. The lowest BCUT2D eigenvalue weighted by atomic mass is 10.2. The number of benzene rings is 1. The molecule has 1 amide bonds. The molecule has 0 aliphatic rings. The number of halogens is 1. The smallest absolute Gasteiger partial charge is 0.252 e. The van der Waals surface area contributed by atoms with Gasteiger partial charge in [0.2, 0.25) is 0 Å². The first-order valence-electron chi connectivity index (χ1n) is 5.47. The number of methoxy groups -OCH3 is 1. The van der Waals surface area contributed by atoms with E-state index >= 15 is 0 Å². The van der Waals surface area contributed by atoms with Gasteiger partial charge in [0.1, 0.15) is 11.6 Å². The highest BCUT2D eigenvalue weighted by Gasteiger charge is 2.11. The first-order chi connectivity index (χ1) is 9.11. The molecule has 0 fully saturated rings. The summed E-state index contributed by atoms with van der Waals surface area (Å²) in [5.41, 5.74) is 6.20. The second-order valence-electron chi connectivity index (χ2n) is 3.73. The molecule has 0 saturated carbocycles. The number of carbonyl (C=O) groups excluding carboxylic acids is 1. The second-order valence-corrected chi connectivity index (χ2v) is 4.17. The van der Waals surface area contributed by atoms with Crippen molar-refractivity contribution in [1.29, 1.82) is 0 Å². The van der Waals surface area contributed by atoms with Crippen molar-refractivity contribution in [3.8, 4) is 5.75 Å². The number of ether oxygens (including phenoxy) is 1. The van der Waals surface area contributed by atoms with Crippen LogP contribution in [0.25, 0.3) is 0 Å². The molecule has 0 bridgehead atoms. The molecule has 0 saturated heterocycles. The van der Waals surface area contributed by atoms with Crippen LogP contribution in [0.4, 0.5) is 11.5 Å². The van der Waals surface area contributed by atoms with Crippen LogP contribution in [-0.2, 0) is 0 Å². The van der Waals surface area contributed by atoms with Gasteiger partial charge in [0, 0.05) is 11.2 Å². The van der Waals surface area contributed by atoms with Crippen LogP contribution in [-0.4, -0.2) is 18.0 Å². The molecule has 2 aromatic rings. The van der Waals surface area contributed by atoms with Gasteiger partial charge in [-0.1, -0.05) is 11.6 Å². The molecular weight excluding hydrogens is 266 g/mol. The van der Waals surface area contributed by atoms with Crippen LogP contribution < -0.4 is 15.8 Å². The number of rotatable bonds is 4. The predicted molar refractivity (Wildman–Crippen MR) is 74.0 cm³/mol. The maximum Gasteiger partial charge on any atom is 0.252 e. The van der Waals surface area contributed by atoms with E-state index in [1.807, 2.05) is 0 Å². The minimum Gasteiger partial charge on any atom is -0.495 e. The molecule has 1 aromatic carbocycles. The van der Waals surface area contributed by atoms with Crippen molar-refractivity contribution in [2.75, 3.05) is 12.4 Å². The van der Waals surface area contributed by atoms with Gasteiger partial charge in [-0.3, -0.25) is 4.79 Å². The van der Waals surface area contributed by atoms with Crippen molar-refractivity contribution in [1.82, 2.24) is 4.98 Å². The highest BCUT2D eigenvalue weighted by molar-refractivity contribution is 6.31. The lowest BCUT2D eigenvalue weighted by molar-refractivity contribution is 0.100. The third-order valence-corrected chi connectivity index (χ3v) is 2.72. The minimum absolute atomic E-state index is 0.296. The zero-order chi connectivity index (χ0) is 13.8. The van der Waals surface area contributed by atoms with Crippen LogP contribution in [0.5, 0.6) is 5.75 Å². The van der Waals surface area contributed by atoms with Gasteiger partial charge in [-0.05, 0) is 30.3 Å². The van der Waals surface area contributed by atoms with E-state index in [4.69, 9.17) is 22.1 Å². The van der Waals surface area contributed by atoms with E-state index in [9.17, 15) is 4.79 Å². The quantitative estimate of drug-likeness (QED) is 0.900. The zero-order valence-corrected chi connectivity index (χ0v) is 10.9. The number of hydrogen-bond donors (Lipinski definition) is 2. The molecule has 1 heterocycles. The van der Waals surface area contributed by atoms with Crippen molar-refractivity contribution < 1.29 is 9.53 Å². The van der Waals surface area contributed by atoms with E-state index in [1.165, 1.54) is 0 Å². The van der Waals surface area contributed by atoms with Gasteiger partial charge in [0.15, 0.2) is 0 Å². The zero-order valence-electron chi connectivity index (χ0n) is 10.2. The molecule has 6 heteroatoms. The van der Waals surface area contributed by atoms with Gasteiger partial charge >= 0.3 is 0 Å². The summed E-state index contributed by atoms with van der Waals surface area (Å²) in [7, 11) is 1.54. The summed E-state index contributed by atoms with van der Waals surface area (Å²) < 4.78 is 5.21. The van der Waals surface area contributed by atoms with E-state index < -0.39 is 5.91 Å². The fourth-order valence-corrected chi connectivity index (χ4v) is 1.78. The largest absolute Gasteiger partial charge is 0.495 e. The lowest BCUT2D eigenvalue weighted by Gasteiger charge is -2.12. The summed E-state index contributed by atoms with van der Waals surface area (Å²) in [5.74, 6) is 0.387. The van der Waals surface area contributed by atoms with Crippen LogP contribution in [0, 0.1) is 0 Å². The number of pyridine rings is 1. The highest BCUT2D eigenvalue weighted by Crippen LogP contribution is 2.30. The molecule has 98 valence electrons. The molecule has 0 radical (unpaired) electrons. The molecular formula is C13H12ClN3O2. The fraction of sp³-hybridized carbons (Fsp3) is 0.0769. The molecule has 0 aliphatic carbocycles. The number of nitrogens with one attached hydrogen (secondary N) is 1. The van der Waals surface area contributed by atoms with Crippen molar-refractivity contribution in [2.45, 2.75) is 0 Å². The third-order valence-electron chi connectivity index (χ3n) is 2.49. The first-order valence-corrected chi connectivity index (χ1v) is 5.85.